The SMILES string of the molecule is CCCNc1cc(NCCSC)nc(COC)n1. The van der Waals surface area contributed by atoms with Crippen molar-refractivity contribution in [2.75, 3.05) is 42.8 Å². The average Bonchev–Trinajstić information content (AvgIpc) is 2.37. The Bertz CT molecular complexity index is 349. The van der Waals surface area contributed by atoms with Gasteiger partial charge in [0.1, 0.15) is 18.2 Å². The van der Waals surface area contributed by atoms with Crippen molar-refractivity contribution in [3.8, 4) is 0 Å². The van der Waals surface area contributed by atoms with E-state index in [1.54, 1.807) is 7.11 Å². The van der Waals surface area contributed by atoms with Gasteiger partial charge in [-0.15, -0.1) is 0 Å². The van der Waals surface area contributed by atoms with Crippen molar-refractivity contribution in [2.45, 2.75) is 20.0 Å². The van der Waals surface area contributed by atoms with E-state index in [-0.39, 0.29) is 0 Å². The lowest BCUT2D eigenvalue weighted by Crippen LogP contribution is -2.11. The number of aromatic nitrogens is 2. The summed E-state index contributed by atoms with van der Waals surface area (Å²) in [6.45, 7) is 4.37. The first-order valence-electron chi connectivity index (χ1n) is 6.13. The van der Waals surface area contributed by atoms with Gasteiger partial charge < -0.3 is 15.4 Å². The molecule has 1 heterocycles. The second-order valence-electron chi connectivity index (χ2n) is 3.83. The van der Waals surface area contributed by atoms with Gasteiger partial charge in [0.25, 0.3) is 0 Å². The standard InChI is InChI=1S/C12H22N4OS/c1-4-5-13-10-8-11(14-6-7-18-3)16-12(15-10)9-17-2/h8H,4-7,9H2,1-3H3,(H2,13,14,15,16). The third-order valence-electron chi connectivity index (χ3n) is 2.21. The quantitative estimate of drug-likeness (QED) is 0.671. The predicted octanol–water partition coefficient (Wildman–Crippen LogP) is 2.22. The molecule has 6 heteroatoms. The maximum Gasteiger partial charge on any atom is 0.158 e. The van der Waals surface area contributed by atoms with E-state index in [1.807, 2.05) is 17.8 Å². The van der Waals surface area contributed by atoms with Crippen molar-refractivity contribution in [1.29, 1.82) is 0 Å². The fourth-order valence-corrected chi connectivity index (χ4v) is 1.71. The normalized spacial score (nSPS) is 10.4. The minimum absolute atomic E-state index is 0.429. The average molecular weight is 270 g/mol. The summed E-state index contributed by atoms with van der Waals surface area (Å²) >= 11 is 1.81. The van der Waals surface area contributed by atoms with Crippen LogP contribution >= 0.6 is 11.8 Å². The summed E-state index contributed by atoms with van der Waals surface area (Å²) in [6.07, 6.45) is 3.16. The van der Waals surface area contributed by atoms with Crippen molar-refractivity contribution in [3.05, 3.63) is 11.9 Å². The molecule has 0 saturated carbocycles. The molecule has 0 atom stereocenters. The Kier molecular flexibility index (Phi) is 7.52. The first kappa shape index (κ1) is 15.0. The number of rotatable bonds is 9. The summed E-state index contributed by atoms with van der Waals surface area (Å²) in [5, 5.41) is 6.57. The van der Waals surface area contributed by atoms with Crippen LogP contribution in [0.1, 0.15) is 19.2 Å². The van der Waals surface area contributed by atoms with Gasteiger partial charge in [0.05, 0.1) is 0 Å². The van der Waals surface area contributed by atoms with E-state index in [2.05, 4.69) is 33.8 Å². The maximum atomic E-state index is 5.08. The molecule has 1 aromatic heterocycles. The van der Waals surface area contributed by atoms with Crippen molar-refractivity contribution in [1.82, 2.24) is 9.97 Å². The highest BCUT2D eigenvalue weighted by molar-refractivity contribution is 7.98. The monoisotopic (exact) mass is 270 g/mol. The number of thioether (sulfide) groups is 1. The van der Waals surface area contributed by atoms with Gasteiger partial charge in [0.2, 0.25) is 0 Å². The van der Waals surface area contributed by atoms with Crippen LogP contribution in [-0.4, -0.2) is 42.2 Å². The van der Waals surface area contributed by atoms with E-state index in [0.29, 0.717) is 12.4 Å². The van der Waals surface area contributed by atoms with Crippen molar-refractivity contribution >= 4 is 23.4 Å². The Morgan fingerprint density at radius 2 is 1.89 bits per heavy atom. The molecule has 0 aliphatic heterocycles. The van der Waals surface area contributed by atoms with Crippen LogP contribution in [0.4, 0.5) is 11.6 Å². The molecule has 18 heavy (non-hydrogen) atoms. The highest BCUT2D eigenvalue weighted by Crippen LogP contribution is 2.12. The Morgan fingerprint density at radius 3 is 2.44 bits per heavy atom. The van der Waals surface area contributed by atoms with Crippen LogP contribution in [0.15, 0.2) is 6.07 Å². The number of hydrogen-bond acceptors (Lipinski definition) is 6. The number of nitrogens with zero attached hydrogens (tertiary/aromatic N) is 2. The summed E-state index contributed by atoms with van der Waals surface area (Å²) in [6, 6.07) is 1.94. The zero-order valence-electron chi connectivity index (χ0n) is 11.3. The third kappa shape index (κ3) is 5.55. The highest BCUT2D eigenvalue weighted by atomic mass is 32.2. The summed E-state index contributed by atoms with van der Waals surface area (Å²) in [5.41, 5.74) is 0. The molecule has 0 aliphatic carbocycles. The Hall–Kier alpha value is -1.01. The van der Waals surface area contributed by atoms with E-state index in [4.69, 9.17) is 4.74 Å². The van der Waals surface area contributed by atoms with Gasteiger partial charge in [-0.2, -0.15) is 11.8 Å². The smallest absolute Gasteiger partial charge is 0.158 e. The minimum Gasteiger partial charge on any atom is -0.377 e. The fraction of sp³-hybridized carbons (Fsp3) is 0.667. The van der Waals surface area contributed by atoms with E-state index in [0.717, 1.165) is 36.9 Å². The highest BCUT2D eigenvalue weighted by Gasteiger charge is 2.04. The van der Waals surface area contributed by atoms with Gasteiger partial charge in [-0.3, -0.25) is 0 Å². The van der Waals surface area contributed by atoms with Gasteiger partial charge in [0.15, 0.2) is 5.82 Å². The van der Waals surface area contributed by atoms with E-state index in [9.17, 15) is 0 Å². The third-order valence-corrected chi connectivity index (χ3v) is 2.83. The van der Waals surface area contributed by atoms with Crippen LogP contribution in [0.25, 0.3) is 0 Å². The van der Waals surface area contributed by atoms with Crippen LogP contribution in [0.2, 0.25) is 0 Å². The number of methoxy groups -OCH3 is 1. The summed E-state index contributed by atoms with van der Waals surface area (Å²) in [7, 11) is 1.65. The second kappa shape index (κ2) is 8.99. The predicted molar refractivity (Wildman–Crippen MR) is 78.4 cm³/mol. The molecule has 0 unspecified atom stereocenters. The largest absolute Gasteiger partial charge is 0.377 e. The molecule has 2 N–H and O–H groups in total. The lowest BCUT2D eigenvalue weighted by Gasteiger charge is -2.10. The van der Waals surface area contributed by atoms with Crippen LogP contribution in [0.3, 0.4) is 0 Å². The van der Waals surface area contributed by atoms with Crippen molar-refractivity contribution in [2.24, 2.45) is 0 Å². The first-order valence-corrected chi connectivity index (χ1v) is 7.53. The molecule has 1 rings (SSSR count). The van der Waals surface area contributed by atoms with E-state index >= 15 is 0 Å². The molecule has 0 radical (unpaired) electrons. The number of nitrogens with one attached hydrogen (secondary N) is 2. The van der Waals surface area contributed by atoms with Gasteiger partial charge in [-0.1, -0.05) is 6.92 Å². The molecule has 0 spiro atoms. The number of ether oxygens (including phenoxy) is 1. The maximum absolute atomic E-state index is 5.08. The molecule has 102 valence electrons. The van der Waals surface area contributed by atoms with E-state index in [1.165, 1.54) is 0 Å². The van der Waals surface area contributed by atoms with Crippen LogP contribution in [0.5, 0.6) is 0 Å². The Balaban J connectivity index is 2.70. The second-order valence-corrected chi connectivity index (χ2v) is 4.82. The van der Waals surface area contributed by atoms with Gasteiger partial charge in [0, 0.05) is 32.0 Å². The lowest BCUT2D eigenvalue weighted by atomic mass is 10.4. The molecular weight excluding hydrogens is 248 g/mol. The van der Waals surface area contributed by atoms with Crippen molar-refractivity contribution < 1.29 is 4.74 Å². The number of hydrogen-bond donors (Lipinski definition) is 2. The van der Waals surface area contributed by atoms with E-state index < -0.39 is 0 Å². The molecular formula is C12H22N4OS. The zero-order valence-corrected chi connectivity index (χ0v) is 12.1. The molecule has 0 saturated heterocycles. The molecule has 0 fully saturated rings. The lowest BCUT2D eigenvalue weighted by molar-refractivity contribution is 0.178. The van der Waals surface area contributed by atoms with Crippen LogP contribution < -0.4 is 10.6 Å². The van der Waals surface area contributed by atoms with Crippen LogP contribution in [0, 0.1) is 0 Å². The molecule has 0 aliphatic rings. The van der Waals surface area contributed by atoms with Gasteiger partial charge in [-0.05, 0) is 12.7 Å². The van der Waals surface area contributed by atoms with Gasteiger partial charge >= 0.3 is 0 Å². The minimum atomic E-state index is 0.429. The topological polar surface area (TPSA) is 59.1 Å². The number of anilines is 2. The summed E-state index contributed by atoms with van der Waals surface area (Å²) in [4.78, 5) is 8.80. The van der Waals surface area contributed by atoms with Crippen LogP contribution in [-0.2, 0) is 11.3 Å². The molecule has 0 amide bonds. The molecule has 1 aromatic rings. The Morgan fingerprint density at radius 1 is 1.22 bits per heavy atom. The molecule has 5 nitrogen and oxygen atoms in total. The zero-order chi connectivity index (χ0) is 13.2. The van der Waals surface area contributed by atoms with Gasteiger partial charge in [-0.25, -0.2) is 9.97 Å². The molecule has 0 bridgehead atoms. The van der Waals surface area contributed by atoms with Crippen molar-refractivity contribution in [3.63, 3.8) is 0 Å². The fourth-order valence-electron chi connectivity index (χ4n) is 1.41. The first-order chi connectivity index (χ1) is 8.80. The Labute approximate surface area is 113 Å². The summed E-state index contributed by atoms with van der Waals surface area (Å²) in [5.74, 6) is 3.46. The molecule has 0 aromatic carbocycles. The summed E-state index contributed by atoms with van der Waals surface area (Å²) < 4.78 is 5.08.